The Hall–Kier alpha value is -3.72. The molecular formula is C22H18N2O4. The highest BCUT2D eigenvalue weighted by atomic mass is 16.3. The average Bonchev–Trinajstić information content (AvgIpc) is 3.15. The van der Waals surface area contributed by atoms with E-state index in [1.54, 1.807) is 50.2 Å². The number of hydrogen-bond acceptors (Lipinski definition) is 5. The molecule has 0 spiro atoms. The lowest BCUT2D eigenvalue weighted by Crippen LogP contribution is -2.42. The second kappa shape index (κ2) is 7.49. The Labute approximate surface area is 162 Å². The zero-order chi connectivity index (χ0) is 20.4. The number of Topliss-reactive ketones (excluding diaryl/α,β-unsaturated/α-hetero) is 1. The molecule has 1 aliphatic rings. The molecule has 0 aliphatic carbocycles. The van der Waals surface area contributed by atoms with Gasteiger partial charge in [-0.3, -0.25) is 19.3 Å². The van der Waals surface area contributed by atoms with E-state index in [-0.39, 0.29) is 23.5 Å². The molecule has 6 heteroatoms. The van der Waals surface area contributed by atoms with Gasteiger partial charge >= 0.3 is 0 Å². The maximum Gasteiger partial charge on any atom is 0.271 e. The zero-order valence-corrected chi connectivity index (χ0v) is 15.8. The van der Waals surface area contributed by atoms with E-state index in [9.17, 15) is 19.6 Å². The third-order valence-corrected chi connectivity index (χ3v) is 4.63. The minimum absolute atomic E-state index is 0.0159. The van der Waals surface area contributed by atoms with Crippen LogP contribution < -0.4 is 0 Å². The zero-order valence-electron chi connectivity index (χ0n) is 15.8. The van der Waals surface area contributed by atoms with Gasteiger partial charge in [-0.2, -0.15) is 5.26 Å². The van der Waals surface area contributed by atoms with Crippen molar-refractivity contribution < 1.29 is 18.8 Å². The number of carbonyl (C=O) groups is 3. The van der Waals surface area contributed by atoms with E-state index in [4.69, 9.17) is 4.42 Å². The summed E-state index contributed by atoms with van der Waals surface area (Å²) >= 11 is 0. The Morgan fingerprint density at radius 2 is 1.82 bits per heavy atom. The summed E-state index contributed by atoms with van der Waals surface area (Å²) in [5.74, 6) is -0.0345. The molecule has 0 bridgehead atoms. The maximum atomic E-state index is 12.6. The average molecular weight is 374 g/mol. The Kier molecular flexibility index (Phi) is 5.10. The fourth-order valence-corrected chi connectivity index (χ4v) is 3.01. The molecule has 2 heterocycles. The highest BCUT2D eigenvalue weighted by Gasteiger charge is 2.34. The second-order valence-corrected chi connectivity index (χ2v) is 6.36. The molecule has 0 radical (unpaired) electrons. The number of rotatable bonds is 4. The van der Waals surface area contributed by atoms with Crippen molar-refractivity contribution in [2.45, 2.75) is 20.8 Å². The first-order chi connectivity index (χ1) is 13.4. The van der Waals surface area contributed by atoms with Crippen molar-refractivity contribution in [1.29, 1.82) is 5.26 Å². The topological polar surface area (TPSA) is 91.4 Å². The number of amides is 2. The number of benzene rings is 1. The highest BCUT2D eigenvalue weighted by molar-refractivity contribution is 6.19. The minimum atomic E-state index is -0.574. The van der Waals surface area contributed by atoms with Gasteiger partial charge in [-0.1, -0.05) is 24.3 Å². The summed E-state index contributed by atoms with van der Waals surface area (Å²) in [6.45, 7) is 4.94. The van der Waals surface area contributed by atoms with Gasteiger partial charge < -0.3 is 4.42 Å². The van der Waals surface area contributed by atoms with E-state index < -0.39 is 11.8 Å². The lowest BCUT2D eigenvalue weighted by atomic mass is 9.95. The van der Waals surface area contributed by atoms with Crippen LogP contribution in [0.4, 0.5) is 0 Å². The van der Waals surface area contributed by atoms with E-state index in [2.05, 4.69) is 0 Å². The number of furan rings is 1. The molecule has 1 aliphatic heterocycles. The summed E-state index contributed by atoms with van der Waals surface area (Å²) in [7, 11) is 0. The van der Waals surface area contributed by atoms with Crippen LogP contribution in [0.3, 0.4) is 0 Å². The maximum absolute atomic E-state index is 12.6. The van der Waals surface area contributed by atoms with Crippen LogP contribution in [0.2, 0.25) is 0 Å². The molecular weight excluding hydrogens is 356 g/mol. The molecule has 0 fully saturated rings. The van der Waals surface area contributed by atoms with E-state index in [0.29, 0.717) is 22.7 Å². The van der Waals surface area contributed by atoms with Crippen LogP contribution in [0.25, 0.3) is 17.4 Å². The number of imide groups is 1. The van der Waals surface area contributed by atoms with Crippen LogP contribution in [0.15, 0.2) is 57.5 Å². The number of nitriles is 1. The predicted molar refractivity (Wildman–Crippen MR) is 103 cm³/mol. The van der Waals surface area contributed by atoms with Crippen molar-refractivity contribution in [1.82, 2.24) is 4.90 Å². The first-order valence-corrected chi connectivity index (χ1v) is 8.77. The molecule has 0 saturated heterocycles. The van der Waals surface area contributed by atoms with Crippen LogP contribution in [0, 0.1) is 11.3 Å². The molecule has 0 saturated carbocycles. The molecule has 1 aromatic carbocycles. The lowest BCUT2D eigenvalue weighted by Gasteiger charge is -2.25. The van der Waals surface area contributed by atoms with Crippen LogP contribution in [-0.2, 0) is 9.59 Å². The molecule has 2 amide bonds. The van der Waals surface area contributed by atoms with Crippen LogP contribution in [0.1, 0.15) is 36.9 Å². The Bertz CT molecular complexity index is 1080. The van der Waals surface area contributed by atoms with Gasteiger partial charge in [0.2, 0.25) is 0 Å². The van der Waals surface area contributed by atoms with Crippen molar-refractivity contribution in [3.05, 3.63) is 64.4 Å². The van der Waals surface area contributed by atoms with Crippen LogP contribution in [0.5, 0.6) is 0 Å². The van der Waals surface area contributed by atoms with E-state index in [0.717, 1.165) is 10.5 Å². The molecule has 28 heavy (non-hydrogen) atoms. The number of likely N-dealkylation sites (N-methyl/N-ethyl adjacent to an activating group) is 1. The summed E-state index contributed by atoms with van der Waals surface area (Å²) in [6, 6.07) is 12.4. The first kappa shape index (κ1) is 19.1. The van der Waals surface area contributed by atoms with Crippen molar-refractivity contribution in [2.24, 2.45) is 0 Å². The Balaban J connectivity index is 1.99. The number of carbonyl (C=O) groups excluding carboxylic acids is 3. The largest absolute Gasteiger partial charge is 0.457 e. The summed E-state index contributed by atoms with van der Waals surface area (Å²) in [5, 5.41) is 9.29. The summed E-state index contributed by atoms with van der Waals surface area (Å²) < 4.78 is 5.81. The summed E-state index contributed by atoms with van der Waals surface area (Å²) in [4.78, 5) is 37.3. The normalized spacial score (nSPS) is 15.9. The molecule has 3 rings (SSSR count). The fourth-order valence-electron chi connectivity index (χ4n) is 3.01. The van der Waals surface area contributed by atoms with Crippen LogP contribution >= 0.6 is 0 Å². The standard InChI is InChI=1S/C22H18N2O4/c1-4-24-21(26)18(13(2)19(12-23)22(24)27)11-17-9-10-20(28-17)16-7-5-15(6-8-16)14(3)25/h5-11H,4H2,1-3H3/b18-11+. The van der Waals surface area contributed by atoms with Gasteiger partial charge in [-0.15, -0.1) is 0 Å². The van der Waals surface area contributed by atoms with Gasteiger partial charge in [0.15, 0.2) is 5.78 Å². The van der Waals surface area contributed by atoms with Crippen molar-refractivity contribution in [3.8, 4) is 17.4 Å². The van der Waals surface area contributed by atoms with Gasteiger partial charge in [0.1, 0.15) is 23.2 Å². The number of ketones is 1. The quantitative estimate of drug-likeness (QED) is 0.462. The van der Waals surface area contributed by atoms with Crippen LogP contribution in [-0.4, -0.2) is 29.0 Å². The minimum Gasteiger partial charge on any atom is -0.457 e. The molecule has 0 N–H and O–H groups in total. The summed E-state index contributed by atoms with van der Waals surface area (Å²) in [5.41, 5.74) is 1.95. The van der Waals surface area contributed by atoms with Gasteiger partial charge in [0.05, 0.1) is 0 Å². The molecule has 1 aromatic heterocycles. The van der Waals surface area contributed by atoms with E-state index >= 15 is 0 Å². The molecule has 2 aromatic rings. The number of nitrogens with zero attached hydrogens (tertiary/aromatic N) is 2. The predicted octanol–water partition coefficient (Wildman–Crippen LogP) is 3.76. The van der Waals surface area contributed by atoms with E-state index in [1.807, 2.05) is 6.07 Å². The molecule has 140 valence electrons. The smallest absolute Gasteiger partial charge is 0.271 e. The third kappa shape index (κ3) is 3.30. The SMILES string of the molecule is CCN1C(=O)C(C#N)=C(C)/C(=C\c2ccc(-c3ccc(C(C)=O)cc3)o2)C1=O. The van der Waals surface area contributed by atoms with Crippen molar-refractivity contribution >= 4 is 23.7 Å². The molecule has 0 atom stereocenters. The third-order valence-electron chi connectivity index (χ3n) is 4.63. The van der Waals surface area contributed by atoms with Gasteiger partial charge in [0.25, 0.3) is 11.8 Å². The second-order valence-electron chi connectivity index (χ2n) is 6.36. The Morgan fingerprint density at radius 1 is 1.14 bits per heavy atom. The van der Waals surface area contributed by atoms with Gasteiger partial charge in [-0.05, 0) is 44.6 Å². The monoisotopic (exact) mass is 374 g/mol. The van der Waals surface area contributed by atoms with Gasteiger partial charge in [0, 0.05) is 23.2 Å². The van der Waals surface area contributed by atoms with E-state index in [1.165, 1.54) is 13.0 Å². The highest BCUT2D eigenvalue weighted by Crippen LogP contribution is 2.29. The van der Waals surface area contributed by atoms with Crippen molar-refractivity contribution in [3.63, 3.8) is 0 Å². The number of hydrogen-bond donors (Lipinski definition) is 0. The Morgan fingerprint density at radius 3 is 2.39 bits per heavy atom. The molecule has 6 nitrogen and oxygen atoms in total. The molecule has 0 unspecified atom stereocenters. The summed E-state index contributed by atoms with van der Waals surface area (Å²) in [6.07, 6.45) is 1.54. The fraction of sp³-hybridized carbons (Fsp3) is 0.182. The van der Waals surface area contributed by atoms with Gasteiger partial charge in [-0.25, -0.2) is 0 Å². The lowest BCUT2D eigenvalue weighted by molar-refractivity contribution is -0.140. The first-order valence-electron chi connectivity index (χ1n) is 8.77. The van der Waals surface area contributed by atoms with Crippen molar-refractivity contribution in [2.75, 3.05) is 6.54 Å².